The van der Waals surface area contributed by atoms with Crippen LogP contribution in [0.3, 0.4) is 0 Å². The Morgan fingerprint density at radius 3 is 3.06 bits per heavy atom. The van der Waals surface area contributed by atoms with Gasteiger partial charge >= 0.3 is 0 Å². The zero-order valence-corrected chi connectivity index (χ0v) is 9.47. The van der Waals surface area contributed by atoms with Crippen LogP contribution >= 0.6 is 0 Å². The van der Waals surface area contributed by atoms with Gasteiger partial charge in [-0.3, -0.25) is 0 Å². The Morgan fingerprint density at radius 1 is 1.41 bits per heavy atom. The van der Waals surface area contributed by atoms with Crippen LogP contribution in [-0.4, -0.2) is 33.9 Å². The lowest BCUT2D eigenvalue weighted by molar-refractivity contribution is -0.160. The van der Waals surface area contributed by atoms with Crippen molar-refractivity contribution in [2.45, 2.75) is 18.9 Å². The monoisotopic (exact) mass is 230 g/mol. The largest absolute Gasteiger partial charge is 0.380 e. The Morgan fingerprint density at radius 2 is 2.29 bits per heavy atom. The molecule has 17 heavy (non-hydrogen) atoms. The van der Waals surface area contributed by atoms with E-state index in [9.17, 15) is 0 Å². The van der Waals surface area contributed by atoms with Gasteiger partial charge in [0.1, 0.15) is 0 Å². The summed E-state index contributed by atoms with van der Waals surface area (Å²) in [7, 11) is 0. The second kappa shape index (κ2) is 3.20. The van der Waals surface area contributed by atoms with Crippen LogP contribution < -0.4 is 5.32 Å². The number of aromatic nitrogens is 3. The number of anilines is 1. The zero-order valence-electron chi connectivity index (χ0n) is 9.47. The van der Waals surface area contributed by atoms with Crippen molar-refractivity contribution >= 4 is 11.5 Å². The fourth-order valence-electron chi connectivity index (χ4n) is 2.80. The predicted molar refractivity (Wildman–Crippen MR) is 62.9 cm³/mol. The first-order valence-electron chi connectivity index (χ1n) is 5.98. The van der Waals surface area contributed by atoms with E-state index in [4.69, 9.17) is 4.74 Å². The summed E-state index contributed by atoms with van der Waals surface area (Å²) in [6.07, 6.45) is 6.14. The van der Waals surface area contributed by atoms with E-state index in [2.05, 4.69) is 15.4 Å². The van der Waals surface area contributed by atoms with Crippen LogP contribution in [0.1, 0.15) is 12.8 Å². The molecule has 4 rings (SSSR count). The number of nitrogens with zero attached hydrogens (tertiary/aromatic N) is 3. The van der Waals surface area contributed by atoms with Crippen molar-refractivity contribution in [1.82, 2.24) is 14.6 Å². The summed E-state index contributed by atoms with van der Waals surface area (Å²) in [6, 6.07) is 4.47. The Hall–Kier alpha value is -1.62. The molecule has 1 saturated heterocycles. The minimum atomic E-state index is 0.481. The standard InChI is InChI=1S/C12H14N4O/c1-2-10-6-13-11(15-16(10)3-1)14-9-4-12(5-9)7-17-8-12/h1-3,6,9H,4-5,7-8H2,(H,14,15). The fraction of sp³-hybridized carbons (Fsp3) is 0.500. The van der Waals surface area contributed by atoms with Crippen LogP contribution in [0.25, 0.3) is 5.52 Å². The first-order chi connectivity index (χ1) is 8.33. The lowest BCUT2D eigenvalue weighted by Gasteiger charge is -2.53. The number of ether oxygens (including phenoxy) is 1. The molecular weight excluding hydrogens is 216 g/mol. The number of hydrogen-bond donors (Lipinski definition) is 1. The summed E-state index contributed by atoms with van der Waals surface area (Å²) in [6.45, 7) is 1.87. The van der Waals surface area contributed by atoms with E-state index in [1.165, 1.54) is 12.8 Å². The third-order valence-electron chi connectivity index (χ3n) is 3.79. The topological polar surface area (TPSA) is 51.5 Å². The first-order valence-corrected chi connectivity index (χ1v) is 5.98. The molecule has 1 spiro atoms. The minimum absolute atomic E-state index is 0.481. The van der Waals surface area contributed by atoms with E-state index < -0.39 is 0 Å². The molecular formula is C12H14N4O. The van der Waals surface area contributed by atoms with Gasteiger partial charge in [0.15, 0.2) is 0 Å². The molecule has 2 fully saturated rings. The van der Waals surface area contributed by atoms with Gasteiger partial charge in [-0.25, -0.2) is 9.50 Å². The Bertz CT molecular complexity index is 552. The molecule has 0 radical (unpaired) electrons. The summed E-state index contributed by atoms with van der Waals surface area (Å²) in [5.74, 6) is 0.716. The van der Waals surface area contributed by atoms with Crippen molar-refractivity contribution in [3.8, 4) is 0 Å². The number of fused-ring (bicyclic) bond motifs is 1. The molecule has 1 aliphatic heterocycles. The van der Waals surface area contributed by atoms with Gasteiger partial charge < -0.3 is 10.1 Å². The molecule has 2 aromatic rings. The van der Waals surface area contributed by atoms with Crippen molar-refractivity contribution in [3.05, 3.63) is 24.5 Å². The van der Waals surface area contributed by atoms with Gasteiger partial charge in [-0.2, -0.15) is 0 Å². The van der Waals surface area contributed by atoms with E-state index >= 15 is 0 Å². The minimum Gasteiger partial charge on any atom is -0.380 e. The zero-order chi connectivity index (χ0) is 11.3. The van der Waals surface area contributed by atoms with Gasteiger partial charge in [-0.1, -0.05) is 0 Å². The van der Waals surface area contributed by atoms with Gasteiger partial charge in [0.2, 0.25) is 5.95 Å². The van der Waals surface area contributed by atoms with E-state index in [1.54, 1.807) is 0 Å². The van der Waals surface area contributed by atoms with Crippen LogP contribution in [0.15, 0.2) is 24.5 Å². The summed E-state index contributed by atoms with van der Waals surface area (Å²) < 4.78 is 7.11. The van der Waals surface area contributed by atoms with Crippen molar-refractivity contribution in [2.75, 3.05) is 18.5 Å². The molecule has 1 saturated carbocycles. The number of hydrogen-bond acceptors (Lipinski definition) is 4. The maximum Gasteiger partial charge on any atom is 0.241 e. The maximum atomic E-state index is 5.26. The van der Waals surface area contributed by atoms with Crippen LogP contribution in [0, 0.1) is 5.41 Å². The highest BCUT2D eigenvalue weighted by Crippen LogP contribution is 2.47. The van der Waals surface area contributed by atoms with Gasteiger partial charge in [-0.05, 0) is 25.0 Å². The summed E-state index contributed by atoms with van der Waals surface area (Å²) in [5.41, 5.74) is 1.50. The maximum absolute atomic E-state index is 5.26. The van der Waals surface area contributed by atoms with Gasteiger partial charge in [0, 0.05) is 17.7 Å². The van der Waals surface area contributed by atoms with Crippen LogP contribution in [0.4, 0.5) is 5.95 Å². The molecule has 5 heteroatoms. The second-order valence-corrected chi connectivity index (χ2v) is 5.20. The molecule has 1 aliphatic carbocycles. The Balaban J connectivity index is 1.48. The lowest BCUT2D eigenvalue weighted by Crippen LogP contribution is -2.56. The highest BCUT2D eigenvalue weighted by Gasteiger charge is 2.49. The molecule has 0 aromatic carbocycles. The molecule has 5 nitrogen and oxygen atoms in total. The van der Waals surface area contributed by atoms with E-state index in [1.807, 2.05) is 29.0 Å². The van der Waals surface area contributed by atoms with Gasteiger partial charge in [0.05, 0.1) is 24.9 Å². The fourth-order valence-corrected chi connectivity index (χ4v) is 2.80. The molecule has 2 aliphatic rings. The molecule has 0 amide bonds. The Kier molecular flexibility index (Phi) is 1.77. The van der Waals surface area contributed by atoms with Crippen molar-refractivity contribution < 1.29 is 4.74 Å². The van der Waals surface area contributed by atoms with E-state index in [-0.39, 0.29) is 0 Å². The van der Waals surface area contributed by atoms with Crippen molar-refractivity contribution in [1.29, 1.82) is 0 Å². The Labute approximate surface area is 98.8 Å². The van der Waals surface area contributed by atoms with Crippen LogP contribution in [0.2, 0.25) is 0 Å². The molecule has 2 aromatic heterocycles. The lowest BCUT2D eigenvalue weighted by atomic mass is 9.64. The van der Waals surface area contributed by atoms with Crippen LogP contribution in [-0.2, 0) is 4.74 Å². The molecule has 0 unspecified atom stereocenters. The predicted octanol–water partition coefficient (Wildman–Crippen LogP) is 1.32. The molecule has 88 valence electrons. The average molecular weight is 230 g/mol. The highest BCUT2D eigenvalue weighted by molar-refractivity contribution is 5.45. The van der Waals surface area contributed by atoms with Gasteiger partial charge in [0.25, 0.3) is 0 Å². The molecule has 0 atom stereocenters. The first kappa shape index (κ1) is 9.41. The number of nitrogens with one attached hydrogen (secondary N) is 1. The highest BCUT2D eigenvalue weighted by atomic mass is 16.5. The van der Waals surface area contributed by atoms with Crippen molar-refractivity contribution in [3.63, 3.8) is 0 Å². The normalized spacial score (nSPS) is 22.4. The second-order valence-electron chi connectivity index (χ2n) is 5.20. The summed E-state index contributed by atoms with van der Waals surface area (Å²) in [4.78, 5) is 4.32. The smallest absolute Gasteiger partial charge is 0.241 e. The van der Waals surface area contributed by atoms with Crippen LogP contribution in [0.5, 0.6) is 0 Å². The van der Waals surface area contributed by atoms with Gasteiger partial charge in [-0.15, -0.1) is 5.10 Å². The summed E-state index contributed by atoms with van der Waals surface area (Å²) >= 11 is 0. The number of rotatable bonds is 2. The third-order valence-corrected chi connectivity index (χ3v) is 3.79. The summed E-state index contributed by atoms with van der Waals surface area (Å²) in [5, 5.41) is 7.80. The van der Waals surface area contributed by atoms with E-state index in [0.717, 1.165) is 18.7 Å². The van der Waals surface area contributed by atoms with E-state index in [0.29, 0.717) is 17.4 Å². The molecule has 3 heterocycles. The quantitative estimate of drug-likeness (QED) is 0.845. The average Bonchev–Trinajstić information content (AvgIpc) is 2.67. The third kappa shape index (κ3) is 1.42. The van der Waals surface area contributed by atoms with Crippen molar-refractivity contribution in [2.24, 2.45) is 5.41 Å². The molecule has 0 bridgehead atoms. The molecule has 1 N–H and O–H groups in total. The SMILES string of the molecule is c1cc2cnc(NC3CC4(COC4)C3)nn2c1.